The smallest absolute Gasteiger partial charge is 0.163 e. The van der Waals surface area contributed by atoms with E-state index in [1.807, 2.05) is 0 Å². The normalized spacial score (nSPS) is 9.11. The fourth-order valence-corrected chi connectivity index (χ4v) is 0.295. The maximum atomic E-state index is 10.1. The molecule has 0 spiro atoms. The van der Waals surface area contributed by atoms with Gasteiger partial charge in [-0.25, -0.2) is 0 Å². The Kier molecular flexibility index (Phi) is 3.88. The standard InChI is InChI=1S/C6H8O3/c1-5(7)3-9-4-6(2)8/h1H,3-4H2,2H3. The Bertz CT molecular complexity index is 103. The second-order valence-corrected chi connectivity index (χ2v) is 1.66. The van der Waals surface area contributed by atoms with Crippen molar-refractivity contribution < 1.29 is 14.3 Å². The van der Waals surface area contributed by atoms with Crippen LogP contribution in [0.4, 0.5) is 0 Å². The Hall–Kier alpha value is -0.700. The van der Waals surface area contributed by atoms with Crippen molar-refractivity contribution in [3.8, 4) is 0 Å². The van der Waals surface area contributed by atoms with Crippen LogP contribution in [-0.2, 0) is 14.3 Å². The van der Waals surface area contributed by atoms with Gasteiger partial charge in [0.05, 0.1) is 0 Å². The Morgan fingerprint density at radius 2 is 2.00 bits per heavy atom. The van der Waals surface area contributed by atoms with Crippen molar-refractivity contribution in [2.45, 2.75) is 6.92 Å². The summed E-state index contributed by atoms with van der Waals surface area (Å²) < 4.78 is 4.53. The first-order chi connectivity index (χ1) is 4.13. The topological polar surface area (TPSA) is 43.4 Å². The zero-order valence-electron chi connectivity index (χ0n) is 5.22. The van der Waals surface area contributed by atoms with Gasteiger partial charge < -0.3 is 4.74 Å². The summed E-state index contributed by atoms with van der Waals surface area (Å²) >= 11 is 0. The molecule has 0 aromatic carbocycles. The molecule has 2 radical (unpaired) electrons. The number of ketones is 2. The number of Topliss-reactive ketones (excluding diaryl/α,β-unsaturated/α-hetero) is 2. The molecule has 0 fully saturated rings. The molecule has 0 unspecified atom stereocenters. The van der Waals surface area contributed by atoms with Gasteiger partial charge in [0.15, 0.2) is 11.6 Å². The lowest BCUT2D eigenvalue weighted by Crippen LogP contribution is -2.09. The highest BCUT2D eigenvalue weighted by atomic mass is 16.5. The molecule has 0 aliphatic carbocycles. The fourth-order valence-electron chi connectivity index (χ4n) is 0.295. The molecule has 0 saturated heterocycles. The molecule has 9 heavy (non-hydrogen) atoms. The van der Waals surface area contributed by atoms with E-state index in [0.29, 0.717) is 0 Å². The summed E-state index contributed by atoms with van der Waals surface area (Å²) in [5, 5.41) is 0. The molecular formula is C6H8O3. The van der Waals surface area contributed by atoms with Crippen LogP contribution in [0.15, 0.2) is 0 Å². The van der Waals surface area contributed by atoms with E-state index in [1.54, 1.807) is 0 Å². The van der Waals surface area contributed by atoms with E-state index < -0.39 is 5.78 Å². The maximum Gasteiger partial charge on any atom is 0.163 e. The molecule has 0 atom stereocenters. The van der Waals surface area contributed by atoms with Crippen LogP contribution in [-0.4, -0.2) is 24.8 Å². The molecule has 3 nitrogen and oxygen atoms in total. The number of ether oxygens (including phenoxy) is 1. The van der Waals surface area contributed by atoms with Crippen molar-refractivity contribution in [1.82, 2.24) is 0 Å². The summed E-state index contributed by atoms with van der Waals surface area (Å²) in [6.45, 7) is 5.86. The van der Waals surface area contributed by atoms with Crippen LogP contribution in [0.2, 0.25) is 0 Å². The molecule has 3 heteroatoms. The van der Waals surface area contributed by atoms with Crippen LogP contribution in [0.25, 0.3) is 0 Å². The lowest BCUT2D eigenvalue weighted by Gasteiger charge is -1.94. The molecule has 0 amide bonds. The minimum absolute atomic E-state index is 0.0388. The lowest BCUT2D eigenvalue weighted by molar-refractivity contribution is -0.125. The molecule has 50 valence electrons. The minimum Gasteiger partial charge on any atom is -0.366 e. The fraction of sp³-hybridized carbons (Fsp3) is 0.500. The summed E-state index contributed by atoms with van der Waals surface area (Å²) in [5.74, 6) is -0.674. The van der Waals surface area contributed by atoms with Gasteiger partial charge in [0.25, 0.3) is 0 Å². The molecule has 0 rings (SSSR count). The van der Waals surface area contributed by atoms with E-state index in [9.17, 15) is 9.59 Å². The first-order valence-corrected chi connectivity index (χ1v) is 2.48. The van der Waals surface area contributed by atoms with E-state index in [-0.39, 0.29) is 19.0 Å². The van der Waals surface area contributed by atoms with Crippen LogP contribution in [0.5, 0.6) is 0 Å². The second kappa shape index (κ2) is 4.21. The monoisotopic (exact) mass is 128 g/mol. The van der Waals surface area contributed by atoms with Crippen molar-refractivity contribution >= 4 is 11.6 Å². The number of hydrogen-bond acceptors (Lipinski definition) is 3. The highest BCUT2D eigenvalue weighted by Crippen LogP contribution is 1.76. The van der Waals surface area contributed by atoms with Crippen LogP contribution < -0.4 is 0 Å². The number of carbonyl (C=O) groups excluding carboxylic acids is 2. The SMILES string of the molecule is [CH]C(=O)COCC(C)=O. The van der Waals surface area contributed by atoms with E-state index in [1.165, 1.54) is 6.92 Å². The second-order valence-electron chi connectivity index (χ2n) is 1.66. The van der Waals surface area contributed by atoms with Crippen molar-refractivity contribution in [2.24, 2.45) is 0 Å². The number of carbonyl (C=O) groups is 2. The van der Waals surface area contributed by atoms with Crippen molar-refractivity contribution in [2.75, 3.05) is 13.2 Å². The quantitative estimate of drug-likeness (QED) is 0.529. The highest BCUT2D eigenvalue weighted by molar-refractivity contribution is 5.84. The Morgan fingerprint density at radius 1 is 1.44 bits per heavy atom. The van der Waals surface area contributed by atoms with Crippen molar-refractivity contribution in [1.29, 1.82) is 0 Å². The average Bonchev–Trinajstić information content (AvgIpc) is 1.63. The molecule has 0 aromatic heterocycles. The van der Waals surface area contributed by atoms with Gasteiger partial charge in [-0.3, -0.25) is 9.59 Å². The van der Waals surface area contributed by atoms with Crippen molar-refractivity contribution in [3.63, 3.8) is 0 Å². The molecule has 0 saturated carbocycles. The zero-order valence-corrected chi connectivity index (χ0v) is 5.22. The number of rotatable bonds is 4. The van der Waals surface area contributed by atoms with Crippen molar-refractivity contribution in [3.05, 3.63) is 6.92 Å². The van der Waals surface area contributed by atoms with Crippen LogP contribution in [0.3, 0.4) is 0 Å². The summed E-state index contributed by atoms with van der Waals surface area (Å²) in [6, 6.07) is 0. The van der Waals surface area contributed by atoms with Gasteiger partial charge in [-0.05, 0) is 6.92 Å². The van der Waals surface area contributed by atoms with Crippen LogP contribution >= 0.6 is 0 Å². The Morgan fingerprint density at radius 3 is 2.33 bits per heavy atom. The summed E-state index contributed by atoms with van der Waals surface area (Å²) in [6.07, 6.45) is 0. The molecule has 0 aromatic rings. The third-order valence-electron chi connectivity index (χ3n) is 0.550. The highest BCUT2D eigenvalue weighted by Gasteiger charge is 1.94. The predicted octanol–water partition coefficient (Wildman–Crippen LogP) is -0.128. The molecule has 0 N–H and O–H groups in total. The van der Waals surface area contributed by atoms with E-state index in [4.69, 9.17) is 6.92 Å². The molecule has 0 aliphatic heterocycles. The van der Waals surface area contributed by atoms with Gasteiger partial charge in [-0.15, -0.1) is 0 Å². The van der Waals surface area contributed by atoms with E-state index in [2.05, 4.69) is 4.74 Å². The summed E-state index contributed by atoms with van der Waals surface area (Å²) in [7, 11) is 0. The van der Waals surface area contributed by atoms with Gasteiger partial charge >= 0.3 is 0 Å². The zero-order chi connectivity index (χ0) is 7.28. The van der Waals surface area contributed by atoms with Crippen LogP contribution in [0.1, 0.15) is 6.92 Å². The lowest BCUT2D eigenvalue weighted by atomic mass is 10.4. The molecular weight excluding hydrogens is 120 g/mol. The van der Waals surface area contributed by atoms with E-state index in [0.717, 1.165) is 0 Å². The molecule has 0 heterocycles. The maximum absolute atomic E-state index is 10.1. The van der Waals surface area contributed by atoms with Gasteiger partial charge in [-0.1, -0.05) is 0 Å². The molecule has 0 bridgehead atoms. The molecule has 0 aliphatic rings. The average molecular weight is 128 g/mol. The minimum atomic E-state index is -0.559. The Balaban J connectivity index is 3.10. The third-order valence-corrected chi connectivity index (χ3v) is 0.550. The van der Waals surface area contributed by atoms with Crippen LogP contribution in [0, 0.1) is 6.92 Å². The predicted molar refractivity (Wildman–Crippen MR) is 30.8 cm³/mol. The van der Waals surface area contributed by atoms with Gasteiger partial charge in [-0.2, -0.15) is 0 Å². The number of hydrogen-bond donors (Lipinski definition) is 0. The van der Waals surface area contributed by atoms with E-state index >= 15 is 0 Å². The van der Waals surface area contributed by atoms with Gasteiger partial charge in [0, 0.05) is 6.92 Å². The van der Waals surface area contributed by atoms with Gasteiger partial charge in [0.1, 0.15) is 13.2 Å². The summed E-state index contributed by atoms with van der Waals surface area (Å²) in [4.78, 5) is 20.1. The largest absolute Gasteiger partial charge is 0.366 e. The summed E-state index contributed by atoms with van der Waals surface area (Å²) in [5.41, 5.74) is 0. The first kappa shape index (κ1) is 8.30. The first-order valence-electron chi connectivity index (χ1n) is 2.48. The Labute approximate surface area is 54.0 Å². The third kappa shape index (κ3) is 7.30. The van der Waals surface area contributed by atoms with Gasteiger partial charge in [0.2, 0.25) is 0 Å².